The molecule has 1 heterocycles. The van der Waals surface area contributed by atoms with Crippen molar-refractivity contribution in [2.45, 2.75) is 32.4 Å². The maximum Gasteiger partial charge on any atom is 0.223 e. The van der Waals surface area contributed by atoms with Crippen LogP contribution >= 0.6 is 0 Å². The van der Waals surface area contributed by atoms with E-state index in [1.165, 1.54) is 5.56 Å². The maximum absolute atomic E-state index is 12.2. The lowest BCUT2D eigenvalue weighted by Crippen LogP contribution is -2.44. The fourth-order valence-corrected chi connectivity index (χ4v) is 2.85. The van der Waals surface area contributed by atoms with Crippen molar-refractivity contribution in [3.8, 4) is 0 Å². The van der Waals surface area contributed by atoms with E-state index >= 15 is 0 Å². The lowest BCUT2D eigenvalue weighted by atomic mass is 9.95. The number of methoxy groups -OCH3 is 1. The largest absolute Gasteiger partial charge is 0.383 e. The number of ether oxygens (including phenoxy) is 1. The van der Waals surface area contributed by atoms with Crippen LogP contribution < -0.4 is 5.32 Å². The summed E-state index contributed by atoms with van der Waals surface area (Å²) in [6.07, 6.45) is 1.89. The molecule has 4 nitrogen and oxygen atoms in total. The molecule has 0 aliphatic carbocycles. The molecule has 0 saturated carbocycles. The van der Waals surface area contributed by atoms with E-state index in [1.807, 2.05) is 13.0 Å². The summed E-state index contributed by atoms with van der Waals surface area (Å²) in [5.74, 6) is 0.329. The molecule has 1 aromatic rings. The van der Waals surface area contributed by atoms with Crippen LogP contribution in [-0.4, -0.2) is 43.7 Å². The number of carbonyl (C=O) groups excluding carboxylic acids is 1. The summed E-state index contributed by atoms with van der Waals surface area (Å²) in [7, 11) is 1.66. The Labute approximate surface area is 127 Å². The molecule has 4 heteroatoms. The van der Waals surface area contributed by atoms with Gasteiger partial charge in [-0.05, 0) is 38.4 Å². The SMILES string of the molecule is COC[C@@H](C)NC(=O)C1CCN(Cc2ccccc2)CC1. The highest BCUT2D eigenvalue weighted by Crippen LogP contribution is 2.19. The Bertz CT molecular complexity index is 428. The lowest BCUT2D eigenvalue weighted by Gasteiger charge is -2.31. The third kappa shape index (κ3) is 5.14. The third-order valence-corrected chi connectivity index (χ3v) is 4.01. The van der Waals surface area contributed by atoms with Gasteiger partial charge in [0, 0.05) is 25.6 Å². The van der Waals surface area contributed by atoms with E-state index in [4.69, 9.17) is 4.74 Å². The van der Waals surface area contributed by atoms with E-state index in [0.29, 0.717) is 6.61 Å². The summed E-state index contributed by atoms with van der Waals surface area (Å²) in [6, 6.07) is 10.6. The molecular weight excluding hydrogens is 264 g/mol. The molecule has 1 aliphatic rings. The van der Waals surface area contributed by atoms with Crippen LogP contribution in [0.25, 0.3) is 0 Å². The first-order chi connectivity index (χ1) is 10.2. The topological polar surface area (TPSA) is 41.6 Å². The van der Waals surface area contributed by atoms with Gasteiger partial charge in [-0.2, -0.15) is 0 Å². The number of hydrogen-bond donors (Lipinski definition) is 1. The van der Waals surface area contributed by atoms with Crippen LogP contribution in [0.4, 0.5) is 0 Å². The predicted molar refractivity (Wildman–Crippen MR) is 83.9 cm³/mol. The first-order valence-electron chi connectivity index (χ1n) is 7.74. The highest BCUT2D eigenvalue weighted by atomic mass is 16.5. The minimum absolute atomic E-state index is 0.0878. The van der Waals surface area contributed by atoms with E-state index in [9.17, 15) is 4.79 Å². The molecule has 1 N–H and O–H groups in total. The quantitative estimate of drug-likeness (QED) is 0.872. The smallest absolute Gasteiger partial charge is 0.223 e. The monoisotopic (exact) mass is 290 g/mol. The Hall–Kier alpha value is -1.39. The summed E-state index contributed by atoms with van der Waals surface area (Å²) in [5.41, 5.74) is 1.34. The summed E-state index contributed by atoms with van der Waals surface area (Å²) < 4.78 is 5.05. The Morgan fingerprint density at radius 3 is 2.62 bits per heavy atom. The number of carbonyl (C=O) groups is 1. The van der Waals surface area contributed by atoms with E-state index in [1.54, 1.807) is 7.11 Å². The summed E-state index contributed by atoms with van der Waals surface area (Å²) in [6.45, 7) is 5.51. The number of hydrogen-bond acceptors (Lipinski definition) is 3. The number of likely N-dealkylation sites (tertiary alicyclic amines) is 1. The number of amides is 1. The van der Waals surface area contributed by atoms with Crippen molar-refractivity contribution in [1.82, 2.24) is 10.2 Å². The van der Waals surface area contributed by atoms with Crippen LogP contribution in [0, 0.1) is 5.92 Å². The van der Waals surface area contributed by atoms with Crippen molar-refractivity contribution in [2.24, 2.45) is 5.92 Å². The molecule has 1 amide bonds. The van der Waals surface area contributed by atoms with Crippen LogP contribution in [-0.2, 0) is 16.1 Å². The summed E-state index contributed by atoms with van der Waals surface area (Å²) in [5, 5.41) is 3.03. The van der Waals surface area contributed by atoms with Crippen molar-refractivity contribution >= 4 is 5.91 Å². The molecular formula is C17H26N2O2. The molecule has 116 valence electrons. The van der Waals surface area contributed by atoms with Crippen LogP contribution in [0.2, 0.25) is 0 Å². The number of benzene rings is 1. The fraction of sp³-hybridized carbons (Fsp3) is 0.588. The van der Waals surface area contributed by atoms with E-state index in [0.717, 1.165) is 32.5 Å². The molecule has 0 unspecified atom stereocenters. The molecule has 1 aromatic carbocycles. The van der Waals surface area contributed by atoms with Crippen LogP contribution in [0.3, 0.4) is 0 Å². The molecule has 21 heavy (non-hydrogen) atoms. The minimum Gasteiger partial charge on any atom is -0.383 e. The van der Waals surface area contributed by atoms with Gasteiger partial charge in [-0.3, -0.25) is 9.69 Å². The Morgan fingerprint density at radius 2 is 2.00 bits per heavy atom. The van der Waals surface area contributed by atoms with Gasteiger partial charge in [-0.25, -0.2) is 0 Å². The molecule has 0 bridgehead atoms. The average molecular weight is 290 g/mol. The Kier molecular flexibility index (Phi) is 6.21. The van der Waals surface area contributed by atoms with E-state index in [-0.39, 0.29) is 17.9 Å². The van der Waals surface area contributed by atoms with Gasteiger partial charge in [-0.15, -0.1) is 0 Å². The summed E-state index contributed by atoms with van der Waals surface area (Å²) in [4.78, 5) is 14.6. The van der Waals surface area contributed by atoms with E-state index < -0.39 is 0 Å². The first kappa shape index (κ1) is 16.0. The zero-order valence-corrected chi connectivity index (χ0v) is 13.0. The number of piperidine rings is 1. The van der Waals surface area contributed by atoms with Gasteiger partial charge in [0.2, 0.25) is 5.91 Å². The van der Waals surface area contributed by atoms with Gasteiger partial charge >= 0.3 is 0 Å². The van der Waals surface area contributed by atoms with Gasteiger partial charge < -0.3 is 10.1 Å². The van der Waals surface area contributed by atoms with Gasteiger partial charge in [0.15, 0.2) is 0 Å². The minimum atomic E-state index is 0.0878. The zero-order chi connectivity index (χ0) is 15.1. The van der Waals surface area contributed by atoms with Crippen molar-refractivity contribution in [3.63, 3.8) is 0 Å². The van der Waals surface area contributed by atoms with Crippen molar-refractivity contribution in [2.75, 3.05) is 26.8 Å². The van der Waals surface area contributed by atoms with Gasteiger partial charge in [0.1, 0.15) is 0 Å². The zero-order valence-electron chi connectivity index (χ0n) is 13.0. The number of nitrogens with zero attached hydrogens (tertiary/aromatic N) is 1. The molecule has 1 saturated heterocycles. The van der Waals surface area contributed by atoms with Crippen molar-refractivity contribution in [3.05, 3.63) is 35.9 Å². The fourth-order valence-electron chi connectivity index (χ4n) is 2.85. The lowest BCUT2D eigenvalue weighted by molar-refractivity contribution is -0.127. The standard InChI is InChI=1S/C17H26N2O2/c1-14(13-21-2)18-17(20)16-8-10-19(11-9-16)12-15-6-4-3-5-7-15/h3-7,14,16H,8-13H2,1-2H3,(H,18,20)/t14-/m1/s1. The highest BCUT2D eigenvalue weighted by Gasteiger charge is 2.25. The number of rotatable bonds is 6. The predicted octanol–water partition coefficient (Wildman–Crippen LogP) is 2.05. The molecule has 1 aliphatic heterocycles. The van der Waals surface area contributed by atoms with Crippen molar-refractivity contribution in [1.29, 1.82) is 0 Å². The van der Waals surface area contributed by atoms with Crippen molar-refractivity contribution < 1.29 is 9.53 Å². The first-order valence-corrected chi connectivity index (χ1v) is 7.74. The van der Waals surface area contributed by atoms with Crippen LogP contribution in [0.5, 0.6) is 0 Å². The molecule has 1 atom stereocenters. The second-order valence-electron chi connectivity index (χ2n) is 5.90. The highest BCUT2D eigenvalue weighted by molar-refractivity contribution is 5.79. The third-order valence-electron chi connectivity index (χ3n) is 4.01. The van der Waals surface area contributed by atoms with Gasteiger partial charge in [-0.1, -0.05) is 30.3 Å². The Balaban J connectivity index is 1.74. The second-order valence-corrected chi connectivity index (χ2v) is 5.90. The number of nitrogens with one attached hydrogen (secondary N) is 1. The van der Waals surface area contributed by atoms with Crippen LogP contribution in [0.15, 0.2) is 30.3 Å². The Morgan fingerprint density at radius 1 is 1.33 bits per heavy atom. The molecule has 1 fully saturated rings. The van der Waals surface area contributed by atoms with Gasteiger partial charge in [0.25, 0.3) is 0 Å². The maximum atomic E-state index is 12.2. The molecule has 0 radical (unpaired) electrons. The molecule has 0 spiro atoms. The van der Waals surface area contributed by atoms with Crippen LogP contribution in [0.1, 0.15) is 25.3 Å². The van der Waals surface area contributed by atoms with Gasteiger partial charge in [0.05, 0.1) is 6.61 Å². The molecule has 0 aromatic heterocycles. The normalized spacial score (nSPS) is 18.4. The molecule has 2 rings (SSSR count). The summed E-state index contributed by atoms with van der Waals surface area (Å²) >= 11 is 0. The van der Waals surface area contributed by atoms with E-state index in [2.05, 4.69) is 34.5 Å². The second kappa shape index (κ2) is 8.15. The average Bonchev–Trinajstić information content (AvgIpc) is 2.49.